The number of nitrogens with one attached hydrogen (secondary N) is 1. The first-order valence-electron chi connectivity index (χ1n) is 13.7. The van der Waals surface area contributed by atoms with E-state index in [1.54, 1.807) is 0 Å². The van der Waals surface area contributed by atoms with Crippen molar-refractivity contribution in [3.8, 4) is 11.5 Å². The number of nitrogens with zero attached hydrogens (tertiary/aromatic N) is 1. The van der Waals surface area contributed by atoms with Crippen LogP contribution < -0.4 is 14.8 Å². The minimum absolute atomic E-state index is 0.0195. The number of methoxy groups -OCH3 is 1. The van der Waals surface area contributed by atoms with Crippen molar-refractivity contribution in [3.63, 3.8) is 0 Å². The Morgan fingerprint density at radius 3 is 2.62 bits per heavy atom. The molecule has 1 saturated heterocycles. The number of benzene rings is 1. The Labute approximate surface area is 230 Å². The Morgan fingerprint density at radius 2 is 1.92 bits per heavy atom. The molecule has 0 spiro atoms. The molecule has 1 aliphatic rings. The summed E-state index contributed by atoms with van der Waals surface area (Å²) in [5.74, 6) is -0.745. The van der Waals surface area contributed by atoms with Crippen LogP contribution in [-0.2, 0) is 25.5 Å². The summed E-state index contributed by atoms with van der Waals surface area (Å²) >= 11 is 0. The zero-order valence-electron chi connectivity index (χ0n) is 23.3. The van der Waals surface area contributed by atoms with E-state index in [1.807, 2.05) is 13.0 Å². The van der Waals surface area contributed by atoms with Gasteiger partial charge in [-0.3, -0.25) is 9.59 Å². The van der Waals surface area contributed by atoms with Crippen LogP contribution in [0.15, 0.2) is 42.6 Å². The highest BCUT2D eigenvalue weighted by atomic mass is 16.7. The van der Waals surface area contributed by atoms with E-state index < -0.39 is 30.7 Å². The fourth-order valence-electron chi connectivity index (χ4n) is 5.15. The van der Waals surface area contributed by atoms with Gasteiger partial charge >= 0.3 is 11.9 Å². The minimum atomic E-state index is -0.837. The second-order valence-electron chi connectivity index (χ2n) is 9.94. The minimum Gasteiger partial charge on any atom is -0.493 e. The van der Waals surface area contributed by atoms with Gasteiger partial charge in [0.15, 0.2) is 17.2 Å². The fourth-order valence-corrected chi connectivity index (χ4v) is 5.15. The number of hydrogen-bond acceptors (Lipinski definition) is 8. The van der Waals surface area contributed by atoms with Crippen LogP contribution in [0.3, 0.4) is 0 Å². The molecule has 1 N–H and O–H groups in total. The maximum Gasteiger partial charge on any atom is 0.328 e. The second-order valence-corrected chi connectivity index (χ2v) is 9.94. The first kappa shape index (κ1) is 29.9. The predicted molar refractivity (Wildman–Crippen MR) is 145 cm³/mol. The van der Waals surface area contributed by atoms with Crippen molar-refractivity contribution in [2.75, 3.05) is 13.9 Å². The zero-order valence-corrected chi connectivity index (χ0v) is 23.3. The molecular weight excluding hydrogens is 500 g/mol. The van der Waals surface area contributed by atoms with Crippen LogP contribution in [0.1, 0.15) is 75.3 Å². The number of unbranched alkanes of at least 4 members (excludes halogenated alkanes) is 1. The molecule has 9 heteroatoms. The van der Waals surface area contributed by atoms with Gasteiger partial charge in [-0.05, 0) is 50.0 Å². The van der Waals surface area contributed by atoms with E-state index in [9.17, 15) is 14.4 Å². The molecule has 0 aliphatic carbocycles. The number of hydrogen-bond donors (Lipinski definition) is 1. The molecule has 1 amide bonds. The van der Waals surface area contributed by atoms with Gasteiger partial charge in [-0.2, -0.15) is 0 Å². The van der Waals surface area contributed by atoms with Gasteiger partial charge < -0.3 is 24.3 Å². The summed E-state index contributed by atoms with van der Waals surface area (Å²) in [6, 6.07) is 11.1. The number of cyclic esters (lactones) is 1. The first-order chi connectivity index (χ1) is 18.8. The summed E-state index contributed by atoms with van der Waals surface area (Å²) in [7, 11) is 1.42. The van der Waals surface area contributed by atoms with Crippen LogP contribution in [0.2, 0.25) is 0 Å². The lowest BCUT2D eigenvalue weighted by atomic mass is 9.78. The normalized spacial score (nSPS) is 21.5. The van der Waals surface area contributed by atoms with Crippen LogP contribution in [-0.4, -0.2) is 48.9 Å². The largest absolute Gasteiger partial charge is 0.493 e. The van der Waals surface area contributed by atoms with Crippen LogP contribution in [0.25, 0.3) is 0 Å². The summed E-state index contributed by atoms with van der Waals surface area (Å²) in [4.78, 5) is 41.9. The van der Waals surface area contributed by atoms with Crippen molar-refractivity contribution in [3.05, 3.63) is 53.9 Å². The van der Waals surface area contributed by atoms with Gasteiger partial charge in [0.05, 0.1) is 7.11 Å². The maximum atomic E-state index is 13.3. The Balaban J connectivity index is 1.77. The number of amides is 1. The molecule has 1 fully saturated rings. The molecule has 1 aliphatic heterocycles. The summed E-state index contributed by atoms with van der Waals surface area (Å²) in [5.41, 5.74) is 1.20. The molecule has 2 heterocycles. The van der Waals surface area contributed by atoms with E-state index in [0.717, 1.165) is 38.5 Å². The highest BCUT2D eigenvalue weighted by Crippen LogP contribution is 2.34. The van der Waals surface area contributed by atoms with Crippen molar-refractivity contribution < 1.29 is 33.3 Å². The molecule has 39 heavy (non-hydrogen) atoms. The Kier molecular flexibility index (Phi) is 11.6. The topological polar surface area (TPSA) is 113 Å². The van der Waals surface area contributed by atoms with Crippen molar-refractivity contribution in [1.82, 2.24) is 10.3 Å². The Bertz CT molecular complexity index is 1090. The number of pyridine rings is 1. The zero-order chi connectivity index (χ0) is 28.2. The average molecular weight is 541 g/mol. The van der Waals surface area contributed by atoms with Crippen LogP contribution >= 0.6 is 0 Å². The fraction of sp³-hybridized carbons (Fsp3) is 0.533. The van der Waals surface area contributed by atoms with E-state index in [2.05, 4.69) is 41.5 Å². The summed E-state index contributed by atoms with van der Waals surface area (Å²) in [6.45, 7) is 4.96. The lowest BCUT2D eigenvalue weighted by Gasteiger charge is -2.31. The molecule has 9 nitrogen and oxygen atoms in total. The molecular formula is C30H40N2O7. The summed E-state index contributed by atoms with van der Waals surface area (Å²) in [6.07, 6.45) is 7.28. The van der Waals surface area contributed by atoms with Crippen molar-refractivity contribution >= 4 is 17.8 Å². The third-order valence-corrected chi connectivity index (χ3v) is 7.17. The average Bonchev–Trinajstić information content (AvgIpc) is 2.96. The first-order valence-corrected chi connectivity index (χ1v) is 13.7. The molecule has 1 unspecified atom stereocenters. The SMILES string of the molecule is CCCC[C@@H]1[C@@H](Cc2ccccc2)CCCC(NC(=O)c2nccc(OC)c2OCOC(C)=O)C(=O)O[C@H]1C. The van der Waals surface area contributed by atoms with Gasteiger partial charge in [0.25, 0.3) is 5.91 Å². The Morgan fingerprint density at radius 1 is 1.15 bits per heavy atom. The molecule has 0 radical (unpaired) electrons. The lowest BCUT2D eigenvalue weighted by Crippen LogP contribution is -2.43. The van der Waals surface area contributed by atoms with Crippen LogP contribution in [0.5, 0.6) is 11.5 Å². The van der Waals surface area contributed by atoms with Crippen LogP contribution in [0.4, 0.5) is 0 Å². The van der Waals surface area contributed by atoms with Gasteiger partial charge in [-0.1, -0.05) is 56.5 Å². The summed E-state index contributed by atoms with van der Waals surface area (Å²) in [5, 5.41) is 2.80. The number of carbonyl (C=O) groups is 3. The number of rotatable bonds is 11. The number of carbonyl (C=O) groups excluding carboxylic acids is 3. The van der Waals surface area contributed by atoms with Gasteiger partial charge in [0, 0.05) is 19.2 Å². The van der Waals surface area contributed by atoms with Crippen molar-refractivity contribution in [1.29, 1.82) is 0 Å². The van der Waals surface area contributed by atoms with Crippen molar-refractivity contribution in [2.24, 2.45) is 11.8 Å². The number of ether oxygens (including phenoxy) is 4. The highest BCUT2D eigenvalue weighted by molar-refractivity contribution is 5.98. The van der Waals surface area contributed by atoms with E-state index in [1.165, 1.54) is 31.9 Å². The van der Waals surface area contributed by atoms with Gasteiger partial charge in [-0.15, -0.1) is 0 Å². The smallest absolute Gasteiger partial charge is 0.328 e. The molecule has 212 valence electrons. The second kappa shape index (κ2) is 15.1. The van der Waals surface area contributed by atoms with E-state index >= 15 is 0 Å². The Hall–Kier alpha value is -3.62. The maximum absolute atomic E-state index is 13.3. The third-order valence-electron chi connectivity index (χ3n) is 7.17. The quantitative estimate of drug-likeness (QED) is 0.317. The van der Waals surface area contributed by atoms with Crippen LogP contribution in [0, 0.1) is 11.8 Å². The third kappa shape index (κ3) is 8.70. The molecule has 0 saturated carbocycles. The number of esters is 2. The summed E-state index contributed by atoms with van der Waals surface area (Å²) < 4.78 is 21.6. The molecule has 4 atom stereocenters. The standard InChI is InChI=1S/C30H40N2O7/c1-5-6-14-24-20(2)39-30(35)25(15-10-13-23(24)18-22-11-8-7-9-12-22)32-29(34)27-28(38-19-37-21(3)33)26(36-4)16-17-31-27/h7-9,11-12,16-17,20,23-25H,5-6,10,13-15,18-19H2,1-4H3,(H,32,34)/t20-,23+,24-,25?/m0/s1. The van der Waals surface area contributed by atoms with Crippen molar-refractivity contribution in [2.45, 2.75) is 77.9 Å². The molecule has 1 aromatic heterocycles. The highest BCUT2D eigenvalue weighted by Gasteiger charge is 2.34. The van der Waals surface area contributed by atoms with Gasteiger partial charge in [-0.25, -0.2) is 9.78 Å². The molecule has 1 aromatic carbocycles. The van der Waals surface area contributed by atoms with E-state index in [-0.39, 0.29) is 29.2 Å². The predicted octanol–water partition coefficient (Wildman–Crippen LogP) is 4.87. The molecule has 0 bridgehead atoms. The monoisotopic (exact) mass is 540 g/mol. The van der Waals surface area contributed by atoms with E-state index in [4.69, 9.17) is 18.9 Å². The molecule has 2 aromatic rings. The number of aromatic nitrogens is 1. The lowest BCUT2D eigenvalue weighted by molar-refractivity contribution is -0.154. The van der Waals surface area contributed by atoms with Gasteiger partial charge in [0.1, 0.15) is 12.1 Å². The molecule has 3 rings (SSSR count). The van der Waals surface area contributed by atoms with Gasteiger partial charge in [0.2, 0.25) is 6.79 Å². The van der Waals surface area contributed by atoms with E-state index in [0.29, 0.717) is 12.3 Å².